The number of nitrogens with zero attached hydrogens (tertiary/aromatic N) is 1. The number of carbonyl (C=O) groups is 2. The molecule has 264 valence electrons. The van der Waals surface area contributed by atoms with E-state index in [1.54, 1.807) is 47.4 Å². The quantitative estimate of drug-likeness (QED) is 0.142. The molecule has 11 nitrogen and oxygen atoms in total. The molecular weight excluding hydrogens is 646 g/mol. The van der Waals surface area contributed by atoms with Crippen molar-refractivity contribution < 1.29 is 37.0 Å². The van der Waals surface area contributed by atoms with E-state index >= 15 is 0 Å². The van der Waals surface area contributed by atoms with Crippen LogP contribution in [0, 0.1) is 0 Å². The van der Waals surface area contributed by atoms with E-state index in [1.807, 2.05) is 38.1 Å². The predicted molar refractivity (Wildman–Crippen MR) is 187 cm³/mol. The van der Waals surface area contributed by atoms with Crippen LogP contribution in [0.15, 0.2) is 71.6 Å². The van der Waals surface area contributed by atoms with Crippen molar-refractivity contribution in [3.05, 3.63) is 83.4 Å². The van der Waals surface area contributed by atoms with Gasteiger partial charge in [-0.3, -0.25) is 9.52 Å². The molecule has 2 aliphatic rings. The molecule has 1 atom stereocenters. The molecule has 49 heavy (non-hydrogen) atoms. The van der Waals surface area contributed by atoms with Crippen molar-refractivity contribution in [3.8, 4) is 5.75 Å². The van der Waals surface area contributed by atoms with Crippen molar-refractivity contribution in [3.63, 3.8) is 0 Å². The number of nitrogens with one attached hydrogen (secondary N) is 2. The molecule has 2 aliphatic heterocycles. The second-order valence-electron chi connectivity index (χ2n) is 13.0. The summed E-state index contributed by atoms with van der Waals surface area (Å²) in [6, 6.07) is 19.4. The lowest BCUT2D eigenvalue weighted by atomic mass is 10.0. The highest BCUT2D eigenvalue weighted by molar-refractivity contribution is 7.92. The van der Waals surface area contributed by atoms with Crippen LogP contribution in [0.3, 0.4) is 0 Å². The van der Waals surface area contributed by atoms with Gasteiger partial charge in [-0.15, -0.1) is 0 Å². The van der Waals surface area contributed by atoms with Crippen LogP contribution in [0.2, 0.25) is 0 Å². The molecular formula is C37H47N3O8S. The molecule has 0 aliphatic carbocycles. The number of sulfonamides is 1. The van der Waals surface area contributed by atoms with Crippen LogP contribution in [0.25, 0.3) is 0 Å². The number of cyclic esters (lactones) is 1. The monoisotopic (exact) mass is 693 g/mol. The third-order valence-corrected chi connectivity index (χ3v) is 9.79. The van der Waals surface area contributed by atoms with Gasteiger partial charge < -0.3 is 29.2 Å². The number of hydrogen-bond acceptors (Lipinski definition) is 8. The van der Waals surface area contributed by atoms with Gasteiger partial charge in [-0.2, -0.15) is 0 Å². The van der Waals surface area contributed by atoms with E-state index in [1.165, 1.54) is 6.92 Å². The molecule has 0 saturated carbocycles. The molecule has 5 rings (SSSR count). The van der Waals surface area contributed by atoms with Crippen molar-refractivity contribution in [2.24, 2.45) is 0 Å². The van der Waals surface area contributed by atoms with Gasteiger partial charge in [0.25, 0.3) is 10.0 Å². The molecule has 12 heteroatoms. The van der Waals surface area contributed by atoms with Crippen LogP contribution in [0.4, 0.5) is 16.2 Å². The van der Waals surface area contributed by atoms with Crippen molar-refractivity contribution >= 4 is 33.4 Å². The highest BCUT2D eigenvalue weighted by Crippen LogP contribution is 2.35. The highest BCUT2D eigenvalue weighted by Gasteiger charge is 2.33. The molecule has 1 saturated heterocycles. The van der Waals surface area contributed by atoms with Crippen LogP contribution in [0.5, 0.6) is 5.75 Å². The average molecular weight is 694 g/mol. The van der Waals surface area contributed by atoms with Gasteiger partial charge in [0.2, 0.25) is 11.7 Å². The Balaban J connectivity index is 0.916. The van der Waals surface area contributed by atoms with Crippen LogP contribution in [-0.4, -0.2) is 57.4 Å². The molecule has 3 aromatic carbocycles. The average Bonchev–Trinajstić information content (AvgIpc) is 3.43. The lowest BCUT2D eigenvalue weighted by Crippen LogP contribution is -2.35. The zero-order valence-corrected chi connectivity index (χ0v) is 29.4. The van der Waals surface area contributed by atoms with Crippen LogP contribution in [0.1, 0.15) is 82.1 Å². The lowest BCUT2D eigenvalue weighted by molar-refractivity contribution is -0.180. The van der Waals surface area contributed by atoms with Gasteiger partial charge in [0.15, 0.2) is 0 Å². The number of benzene rings is 3. The Morgan fingerprint density at radius 2 is 1.67 bits per heavy atom. The van der Waals surface area contributed by atoms with E-state index in [2.05, 4.69) is 10.0 Å². The number of ether oxygens (including phenoxy) is 4. The molecule has 0 aromatic heterocycles. The number of fused-ring (bicyclic) bond motifs is 1. The van der Waals surface area contributed by atoms with E-state index < -0.39 is 15.8 Å². The van der Waals surface area contributed by atoms with Gasteiger partial charge in [-0.25, -0.2) is 13.2 Å². The number of anilines is 2. The maximum Gasteiger partial charge on any atom is 0.410 e. The van der Waals surface area contributed by atoms with Crippen molar-refractivity contribution in [1.82, 2.24) is 4.90 Å². The molecule has 2 heterocycles. The zero-order valence-electron chi connectivity index (χ0n) is 28.5. The summed E-state index contributed by atoms with van der Waals surface area (Å²) in [5.41, 5.74) is 3.88. The van der Waals surface area contributed by atoms with Gasteiger partial charge in [-0.1, -0.05) is 31.0 Å². The highest BCUT2D eigenvalue weighted by atomic mass is 32.2. The predicted octanol–water partition coefficient (Wildman–Crippen LogP) is 7.18. The second-order valence-corrected chi connectivity index (χ2v) is 14.7. The Hall–Kier alpha value is -4.13. The first-order valence-corrected chi connectivity index (χ1v) is 18.4. The molecule has 0 spiro atoms. The Bertz CT molecular complexity index is 1690. The summed E-state index contributed by atoms with van der Waals surface area (Å²) in [5, 5.41) is 2.66. The Labute approximate surface area is 289 Å². The van der Waals surface area contributed by atoms with Crippen molar-refractivity contribution in [2.75, 3.05) is 36.3 Å². The normalized spacial score (nSPS) is 16.8. The van der Waals surface area contributed by atoms with Gasteiger partial charge in [0.1, 0.15) is 11.9 Å². The minimum absolute atomic E-state index is 0.193. The minimum atomic E-state index is -3.75. The summed E-state index contributed by atoms with van der Waals surface area (Å²) in [6.45, 7) is 8.23. The summed E-state index contributed by atoms with van der Waals surface area (Å²) in [5.74, 6) is -0.0299. The van der Waals surface area contributed by atoms with E-state index in [9.17, 15) is 18.0 Å². The molecule has 2 amide bonds. The first-order chi connectivity index (χ1) is 23.5. The first-order valence-electron chi connectivity index (χ1n) is 17.0. The fourth-order valence-electron chi connectivity index (χ4n) is 5.82. The maximum absolute atomic E-state index is 12.9. The summed E-state index contributed by atoms with van der Waals surface area (Å²) < 4.78 is 51.6. The van der Waals surface area contributed by atoms with E-state index in [4.69, 9.17) is 18.9 Å². The number of rotatable bonds is 17. The largest absolute Gasteiger partial charge is 0.463 e. The van der Waals surface area contributed by atoms with Crippen molar-refractivity contribution in [2.45, 2.75) is 89.1 Å². The number of carbonyl (C=O) groups excluding carboxylic acids is 2. The molecule has 0 radical (unpaired) electrons. The third-order valence-electron chi connectivity index (χ3n) is 8.41. The lowest BCUT2D eigenvalue weighted by Gasteiger charge is -2.32. The van der Waals surface area contributed by atoms with E-state index in [0.29, 0.717) is 44.3 Å². The van der Waals surface area contributed by atoms with Gasteiger partial charge in [-0.05, 0) is 91.8 Å². The molecule has 1 fully saturated rings. The maximum atomic E-state index is 12.9. The summed E-state index contributed by atoms with van der Waals surface area (Å²) in [6.07, 6.45) is 5.89. The number of hydrogen-bond donors (Lipinski definition) is 2. The van der Waals surface area contributed by atoms with E-state index in [0.717, 1.165) is 67.4 Å². The number of unbranched alkanes of at least 4 members (excludes halogenated alkanes) is 4. The minimum Gasteiger partial charge on any atom is -0.463 e. The van der Waals surface area contributed by atoms with E-state index in [-0.39, 0.29) is 23.0 Å². The molecule has 0 bridgehead atoms. The van der Waals surface area contributed by atoms with Gasteiger partial charge >= 0.3 is 6.09 Å². The molecule has 1 unspecified atom stereocenters. The number of amides is 2. The molecule has 3 aromatic rings. The fourth-order valence-corrected chi connectivity index (χ4v) is 6.95. The Morgan fingerprint density at radius 1 is 0.939 bits per heavy atom. The second kappa shape index (κ2) is 16.5. The number of aryl methyl sites for hydroxylation is 1. The zero-order chi connectivity index (χ0) is 34.9. The SMILES string of the molecule is CC(=O)Nc1ccc(NS(=O)(=O)c2cccc(CCCCOCCCCCCN3CC(c4ccc5c(c4)COC(C)(C)O5)OC3=O)c2)cc1. The Kier molecular flexibility index (Phi) is 12.2. The van der Waals surface area contributed by atoms with Crippen LogP contribution >= 0.6 is 0 Å². The summed E-state index contributed by atoms with van der Waals surface area (Å²) in [7, 11) is -3.75. The van der Waals surface area contributed by atoms with Crippen LogP contribution < -0.4 is 14.8 Å². The topological polar surface area (TPSA) is 133 Å². The third kappa shape index (κ3) is 10.7. The smallest absolute Gasteiger partial charge is 0.410 e. The summed E-state index contributed by atoms with van der Waals surface area (Å²) >= 11 is 0. The van der Waals surface area contributed by atoms with Crippen molar-refractivity contribution in [1.29, 1.82) is 0 Å². The summed E-state index contributed by atoms with van der Waals surface area (Å²) in [4.78, 5) is 25.7. The fraction of sp³-hybridized carbons (Fsp3) is 0.459. The molecule has 2 N–H and O–H groups in total. The van der Waals surface area contributed by atoms with Gasteiger partial charge in [0.05, 0.1) is 18.0 Å². The first kappa shape index (κ1) is 36.2. The standard InChI is InChI=1S/C37H47N3O8S/c1-27(41)38-31-15-17-32(18-16-31)39-49(43,44)33-13-10-12-28(23-33)11-6-9-22-45-21-8-5-4-7-20-40-25-35(47-36(40)42)29-14-19-34-30(24-29)26-46-37(2,3)48-34/h10,12-19,23-24,35,39H,4-9,11,20-22,25-26H2,1-3H3,(H,38,41). The van der Waals surface area contributed by atoms with Crippen LogP contribution in [-0.2, 0) is 42.1 Å². The Morgan fingerprint density at radius 3 is 2.45 bits per heavy atom. The van der Waals surface area contributed by atoms with Gasteiger partial charge in [0, 0.05) is 57.5 Å².